The SMILES string of the molecule is CCCCCCC/C=C\C/C=C\CCCCCCCCCCCCCCCCCCCCCCCC(=O)OC(COC(=O)CCCCCCCCC)COC(OCC[N+](C)(C)C)C(=O)[O-]. The van der Waals surface area contributed by atoms with E-state index < -0.39 is 24.3 Å². The average Bonchev–Trinajstić information content (AvgIpc) is 3.27. The van der Waals surface area contributed by atoms with Crippen LogP contribution < -0.4 is 5.11 Å². The number of hydrogen-bond donors (Lipinski definition) is 0. The van der Waals surface area contributed by atoms with Crippen molar-refractivity contribution in [2.75, 3.05) is 47.5 Å². The van der Waals surface area contributed by atoms with Gasteiger partial charge in [0.15, 0.2) is 12.4 Å². The minimum absolute atomic E-state index is 0.151. The van der Waals surface area contributed by atoms with Crippen molar-refractivity contribution in [2.45, 2.75) is 270 Å². The number of esters is 2. The van der Waals surface area contributed by atoms with Gasteiger partial charge < -0.3 is 33.3 Å². The molecule has 9 nitrogen and oxygen atoms in total. The van der Waals surface area contributed by atoms with E-state index in [1.807, 2.05) is 21.1 Å². The van der Waals surface area contributed by atoms with Crippen molar-refractivity contribution in [2.24, 2.45) is 0 Å². The number of aliphatic carboxylic acids is 1. The van der Waals surface area contributed by atoms with E-state index in [9.17, 15) is 19.5 Å². The van der Waals surface area contributed by atoms with E-state index in [0.717, 1.165) is 44.9 Å². The van der Waals surface area contributed by atoms with E-state index in [2.05, 4.69) is 38.2 Å². The zero-order valence-corrected chi connectivity index (χ0v) is 43.4. The van der Waals surface area contributed by atoms with Crippen LogP contribution in [0.2, 0.25) is 0 Å². The average molecular weight is 920 g/mol. The summed E-state index contributed by atoms with van der Waals surface area (Å²) >= 11 is 0. The lowest BCUT2D eigenvalue weighted by atomic mass is 10.0. The second-order valence-corrected chi connectivity index (χ2v) is 19.9. The van der Waals surface area contributed by atoms with Gasteiger partial charge in [-0.25, -0.2) is 0 Å². The Hall–Kier alpha value is -2.23. The molecule has 0 amide bonds. The van der Waals surface area contributed by atoms with E-state index in [1.165, 1.54) is 186 Å². The minimum atomic E-state index is -1.61. The van der Waals surface area contributed by atoms with Gasteiger partial charge in [-0.1, -0.05) is 224 Å². The number of carbonyl (C=O) groups excluding carboxylic acids is 3. The molecule has 0 spiro atoms. The predicted molar refractivity (Wildman–Crippen MR) is 270 cm³/mol. The summed E-state index contributed by atoms with van der Waals surface area (Å²) < 4.78 is 22.5. The molecular weight excluding hydrogens is 815 g/mol. The third-order valence-electron chi connectivity index (χ3n) is 12.2. The third kappa shape index (κ3) is 49.5. The number of carbonyl (C=O) groups is 3. The Morgan fingerprint density at radius 3 is 1.22 bits per heavy atom. The number of rotatable bonds is 51. The maximum atomic E-state index is 12.8. The van der Waals surface area contributed by atoms with Crippen LogP contribution in [0, 0.1) is 0 Å². The standard InChI is InChI=1S/C56H105NO8/c1-6-8-10-12-14-15-16-17-18-19-20-21-22-23-24-25-26-27-28-29-30-31-32-33-34-35-36-37-38-39-41-43-45-47-54(59)65-52(50-63-53(58)46-44-42-40-13-11-9-7-2)51-64-56(55(60)61)62-49-48-57(3,4)5/h16-17,19-20,52,56H,6-15,18,21-51H2,1-5H3/b17-16-,20-19-. The molecule has 2 unspecified atom stereocenters. The first-order valence-corrected chi connectivity index (χ1v) is 27.5. The number of carboxylic acids is 1. The van der Waals surface area contributed by atoms with Crippen LogP contribution in [0.3, 0.4) is 0 Å². The second-order valence-electron chi connectivity index (χ2n) is 19.9. The molecule has 0 saturated heterocycles. The van der Waals surface area contributed by atoms with Crippen molar-refractivity contribution >= 4 is 17.9 Å². The predicted octanol–water partition coefficient (Wildman–Crippen LogP) is 14.2. The van der Waals surface area contributed by atoms with Crippen LogP contribution in [-0.2, 0) is 33.3 Å². The summed E-state index contributed by atoms with van der Waals surface area (Å²) in [6, 6.07) is 0. The summed E-state index contributed by atoms with van der Waals surface area (Å²) in [5.74, 6) is -2.28. The van der Waals surface area contributed by atoms with Gasteiger partial charge in [-0.2, -0.15) is 0 Å². The molecule has 0 aliphatic carbocycles. The molecule has 0 aromatic rings. The van der Waals surface area contributed by atoms with E-state index in [0.29, 0.717) is 17.4 Å². The van der Waals surface area contributed by atoms with Crippen molar-refractivity contribution in [3.63, 3.8) is 0 Å². The lowest BCUT2D eigenvalue weighted by Crippen LogP contribution is -2.44. The maximum Gasteiger partial charge on any atom is 0.306 e. The molecule has 0 heterocycles. The molecule has 0 rings (SSSR count). The number of carboxylic acid groups (broad SMARTS) is 1. The highest BCUT2D eigenvalue weighted by Gasteiger charge is 2.22. The topological polar surface area (TPSA) is 111 Å². The van der Waals surface area contributed by atoms with Gasteiger partial charge in [0.05, 0.1) is 40.3 Å². The van der Waals surface area contributed by atoms with Gasteiger partial charge in [0, 0.05) is 12.8 Å². The largest absolute Gasteiger partial charge is 0.545 e. The van der Waals surface area contributed by atoms with Crippen LogP contribution >= 0.6 is 0 Å². The minimum Gasteiger partial charge on any atom is -0.545 e. The molecule has 0 aromatic carbocycles. The molecule has 9 heteroatoms. The summed E-state index contributed by atoms with van der Waals surface area (Å²) in [6.45, 7) is 4.71. The Bertz CT molecular complexity index is 1120. The van der Waals surface area contributed by atoms with Crippen molar-refractivity contribution in [1.82, 2.24) is 0 Å². The van der Waals surface area contributed by atoms with Crippen LogP contribution in [-0.4, -0.2) is 82.3 Å². The molecule has 2 atom stereocenters. The van der Waals surface area contributed by atoms with Crippen molar-refractivity contribution in [1.29, 1.82) is 0 Å². The van der Waals surface area contributed by atoms with E-state index in [4.69, 9.17) is 18.9 Å². The smallest absolute Gasteiger partial charge is 0.306 e. The third-order valence-corrected chi connectivity index (χ3v) is 12.2. The fourth-order valence-electron chi connectivity index (χ4n) is 7.92. The fraction of sp³-hybridized carbons (Fsp3) is 0.875. The van der Waals surface area contributed by atoms with Gasteiger partial charge in [0.2, 0.25) is 0 Å². The quantitative estimate of drug-likeness (QED) is 0.0195. The Kier molecular flexibility index (Phi) is 46.6. The van der Waals surface area contributed by atoms with Crippen molar-refractivity contribution in [3.05, 3.63) is 24.3 Å². The van der Waals surface area contributed by atoms with Crippen LogP contribution in [0.25, 0.3) is 0 Å². The molecule has 0 fully saturated rings. The second kappa shape index (κ2) is 48.2. The summed E-state index contributed by atoms with van der Waals surface area (Å²) in [5.41, 5.74) is 0. The molecular formula is C56H105NO8. The Morgan fingerprint density at radius 1 is 0.462 bits per heavy atom. The Morgan fingerprint density at radius 2 is 0.831 bits per heavy atom. The molecule has 65 heavy (non-hydrogen) atoms. The Balaban J connectivity index is 3.93. The number of hydrogen-bond acceptors (Lipinski definition) is 8. The van der Waals surface area contributed by atoms with Crippen LogP contribution in [0.5, 0.6) is 0 Å². The van der Waals surface area contributed by atoms with Crippen LogP contribution in [0.15, 0.2) is 24.3 Å². The van der Waals surface area contributed by atoms with Gasteiger partial charge in [0.1, 0.15) is 13.2 Å². The molecule has 0 aromatic heterocycles. The summed E-state index contributed by atoms with van der Waals surface area (Å²) in [6.07, 6.45) is 52.7. The highest BCUT2D eigenvalue weighted by molar-refractivity contribution is 5.70. The van der Waals surface area contributed by atoms with Crippen LogP contribution in [0.4, 0.5) is 0 Å². The number of allylic oxidation sites excluding steroid dienone is 4. The lowest BCUT2D eigenvalue weighted by molar-refractivity contribution is -0.870. The summed E-state index contributed by atoms with van der Waals surface area (Å²) in [4.78, 5) is 36.9. The molecule has 0 aliphatic heterocycles. The monoisotopic (exact) mass is 920 g/mol. The number of quaternary nitrogens is 1. The van der Waals surface area contributed by atoms with Crippen molar-refractivity contribution < 1.29 is 42.9 Å². The molecule has 0 aliphatic rings. The van der Waals surface area contributed by atoms with E-state index in [1.54, 1.807) is 0 Å². The fourth-order valence-corrected chi connectivity index (χ4v) is 7.92. The Labute approximate surface area is 401 Å². The first-order valence-electron chi connectivity index (χ1n) is 27.5. The number of ether oxygens (including phenoxy) is 4. The molecule has 0 bridgehead atoms. The number of nitrogens with zero attached hydrogens (tertiary/aromatic N) is 1. The number of unbranched alkanes of at least 4 members (excludes halogenated alkanes) is 32. The van der Waals surface area contributed by atoms with Gasteiger partial charge in [-0.3, -0.25) is 9.59 Å². The molecule has 0 N–H and O–H groups in total. The molecule has 382 valence electrons. The zero-order chi connectivity index (χ0) is 47.7. The molecule has 0 saturated carbocycles. The number of likely N-dealkylation sites (N-methyl/N-ethyl adjacent to an activating group) is 1. The van der Waals surface area contributed by atoms with Gasteiger partial charge in [0.25, 0.3) is 0 Å². The van der Waals surface area contributed by atoms with Crippen molar-refractivity contribution in [3.8, 4) is 0 Å². The van der Waals surface area contributed by atoms with Gasteiger partial charge >= 0.3 is 11.9 Å². The van der Waals surface area contributed by atoms with E-state index in [-0.39, 0.29) is 32.2 Å². The lowest BCUT2D eigenvalue weighted by Gasteiger charge is -2.26. The summed E-state index contributed by atoms with van der Waals surface area (Å²) in [7, 11) is 5.91. The van der Waals surface area contributed by atoms with Crippen LogP contribution in [0.1, 0.15) is 258 Å². The molecule has 0 radical (unpaired) electrons. The van der Waals surface area contributed by atoms with Gasteiger partial charge in [-0.05, 0) is 44.9 Å². The first kappa shape index (κ1) is 62.8. The highest BCUT2D eigenvalue weighted by atomic mass is 16.7. The summed E-state index contributed by atoms with van der Waals surface area (Å²) in [5, 5.41) is 11.7. The van der Waals surface area contributed by atoms with Gasteiger partial charge in [-0.15, -0.1) is 0 Å². The van der Waals surface area contributed by atoms with E-state index >= 15 is 0 Å². The highest BCUT2D eigenvalue weighted by Crippen LogP contribution is 2.17. The first-order chi connectivity index (χ1) is 31.6. The maximum absolute atomic E-state index is 12.8. The normalized spacial score (nSPS) is 12.9. The zero-order valence-electron chi connectivity index (χ0n) is 43.4.